The number of amides is 3. The first-order chi connectivity index (χ1) is 15.1. The molecule has 3 fully saturated rings. The summed E-state index contributed by atoms with van der Waals surface area (Å²) in [5.41, 5.74) is 2.93. The van der Waals surface area contributed by atoms with Crippen molar-refractivity contribution in [1.29, 1.82) is 0 Å². The second-order valence-electron chi connectivity index (χ2n) is 9.18. The van der Waals surface area contributed by atoms with E-state index in [0.29, 0.717) is 23.1 Å². The zero-order chi connectivity index (χ0) is 21.3. The van der Waals surface area contributed by atoms with Gasteiger partial charge in [0.25, 0.3) is 5.91 Å². The van der Waals surface area contributed by atoms with Crippen molar-refractivity contribution < 1.29 is 14.4 Å². The van der Waals surface area contributed by atoms with Gasteiger partial charge in [-0.25, -0.2) is 0 Å². The fourth-order valence-electron chi connectivity index (χ4n) is 6.12. The van der Waals surface area contributed by atoms with E-state index in [4.69, 9.17) is 0 Å². The van der Waals surface area contributed by atoms with Gasteiger partial charge in [-0.15, -0.1) is 0 Å². The predicted octanol–water partition coefficient (Wildman–Crippen LogP) is 4.06. The number of nitrogens with one attached hydrogen (secondary N) is 1. The maximum Gasteiger partial charge on any atom is 0.255 e. The molecule has 6 atom stereocenters. The third-order valence-corrected chi connectivity index (χ3v) is 7.70. The van der Waals surface area contributed by atoms with E-state index >= 15 is 0 Å². The Morgan fingerprint density at radius 2 is 1.55 bits per heavy atom. The first-order valence-corrected chi connectivity index (χ1v) is 11.1. The summed E-state index contributed by atoms with van der Waals surface area (Å²) in [5, 5.41) is 2.96. The van der Waals surface area contributed by atoms with Gasteiger partial charge in [-0.05, 0) is 72.4 Å². The van der Waals surface area contributed by atoms with E-state index in [0.717, 1.165) is 24.1 Å². The summed E-state index contributed by atoms with van der Waals surface area (Å²) < 4.78 is 0. The van der Waals surface area contributed by atoms with Crippen LogP contribution in [0, 0.1) is 35.5 Å². The zero-order valence-electron chi connectivity index (χ0n) is 17.3. The van der Waals surface area contributed by atoms with Gasteiger partial charge in [0.05, 0.1) is 17.5 Å². The predicted molar refractivity (Wildman–Crippen MR) is 117 cm³/mol. The lowest BCUT2D eigenvalue weighted by Gasteiger charge is -2.37. The molecule has 5 nitrogen and oxygen atoms in total. The molecular weight excluding hydrogens is 388 g/mol. The molecule has 2 aromatic carbocycles. The maximum atomic E-state index is 13.2. The molecule has 1 N–H and O–H groups in total. The summed E-state index contributed by atoms with van der Waals surface area (Å²) in [5.74, 6) is 0.829. The highest BCUT2D eigenvalue weighted by Gasteiger charge is 2.67. The average molecular weight is 412 g/mol. The number of hydrogen-bond donors (Lipinski definition) is 1. The lowest BCUT2D eigenvalue weighted by atomic mass is 9.63. The molecule has 1 saturated heterocycles. The quantitative estimate of drug-likeness (QED) is 0.608. The number of allylic oxidation sites excluding steroid dienone is 2. The van der Waals surface area contributed by atoms with E-state index in [-0.39, 0.29) is 41.4 Å². The number of benzene rings is 2. The van der Waals surface area contributed by atoms with Gasteiger partial charge in [-0.3, -0.25) is 19.3 Å². The number of hydrogen-bond acceptors (Lipinski definition) is 3. The van der Waals surface area contributed by atoms with Crippen molar-refractivity contribution in [3.8, 4) is 0 Å². The monoisotopic (exact) mass is 412 g/mol. The Hall–Kier alpha value is -3.21. The lowest BCUT2D eigenvalue weighted by Crippen LogP contribution is -2.40. The molecule has 2 saturated carbocycles. The second-order valence-corrected chi connectivity index (χ2v) is 9.18. The molecule has 156 valence electrons. The molecule has 0 aromatic heterocycles. The summed E-state index contributed by atoms with van der Waals surface area (Å²) in [6.45, 7) is 2.05. The Bertz CT molecular complexity index is 1100. The minimum atomic E-state index is -0.209. The fourth-order valence-corrected chi connectivity index (χ4v) is 6.12. The van der Waals surface area contributed by atoms with E-state index in [1.165, 1.54) is 4.90 Å². The summed E-state index contributed by atoms with van der Waals surface area (Å²) >= 11 is 0. The van der Waals surface area contributed by atoms with E-state index < -0.39 is 0 Å². The van der Waals surface area contributed by atoms with Crippen molar-refractivity contribution in [2.24, 2.45) is 35.5 Å². The van der Waals surface area contributed by atoms with Crippen LogP contribution in [0.3, 0.4) is 0 Å². The molecule has 0 unspecified atom stereocenters. The van der Waals surface area contributed by atoms with Gasteiger partial charge in [-0.2, -0.15) is 0 Å². The van der Waals surface area contributed by atoms with E-state index in [1.54, 1.807) is 24.3 Å². The van der Waals surface area contributed by atoms with Crippen LogP contribution in [-0.2, 0) is 16.0 Å². The standard InChI is InChI=1S/C26H24N2O3/c1-2-14-5-3-4-6-21(14)27-24(29)15-7-9-16(10-8-15)28-25(30)22-17-11-12-18(20-13-19(17)20)23(22)26(28)31/h3-12,17-20,22-23H,2,13H2,1H3,(H,27,29)/t17-,18-,19-,20-,22-,23+/m0/s1. The molecule has 1 aliphatic heterocycles. The Kier molecular flexibility index (Phi) is 3.98. The topological polar surface area (TPSA) is 66.5 Å². The van der Waals surface area contributed by atoms with Crippen LogP contribution in [0.2, 0.25) is 0 Å². The SMILES string of the molecule is CCc1ccccc1NC(=O)c1ccc(N2C(=O)[C@@H]3[C@H]4C=C[C@@H]([C@@H]5C[C@@H]45)[C@@H]3C2=O)cc1. The molecule has 4 aliphatic carbocycles. The van der Waals surface area contributed by atoms with Crippen LogP contribution >= 0.6 is 0 Å². The van der Waals surface area contributed by atoms with Crippen molar-refractivity contribution in [3.05, 3.63) is 71.8 Å². The van der Waals surface area contributed by atoms with Crippen LogP contribution in [0.25, 0.3) is 0 Å². The van der Waals surface area contributed by atoms with Crippen LogP contribution in [0.4, 0.5) is 11.4 Å². The number of carbonyl (C=O) groups excluding carboxylic acids is 3. The Morgan fingerprint density at radius 3 is 2.16 bits per heavy atom. The minimum Gasteiger partial charge on any atom is -0.322 e. The molecule has 5 heteroatoms. The van der Waals surface area contributed by atoms with Gasteiger partial charge in [0.2, 0.25) is 11.8 Å². The summed E-state index contributed by atoms with van der Waals surface area (Å²) in [4.78, 5) is 40.5. The molecule has 2 aromatic rings. The van der Waals surface area contributed by atoms with Crippen molar-refractivity contribution in [2.45, 2.75) is 19.8 Å². The number of para-hydroxylation sites is 1. The average Bonchev–Trinajstić information content (AvgIpc) is 3.58. The van der Waals surface area contributed by atoms with Crippen molar-refractivity contribution in [2.75, 3.05) is 10.2 Å². The van der Waals surface area contributed by atoms with Gasteiger partial charge in [-0.1, -0.05) is 37.3 Å². The number of carbonyl (C=O) groups is 3. The third-order valence-electron chi connectivity index (χ3n) is 7.70. The van der Waals surface area contributed by atoms with E-state index in [2.05, 4.69) is 17.5 Å². The smallest absolute Gasteiger partial charge is 0.255 e. The number of anilines is 2. The molecule has 1 heterocycles. The number of rotatable bonds is 4. The van der Waals surface area contributed by atoms with Gasteiger partial charge in [0, 0.05) is 11.3 Å². The molecule has 31 heavy (non-hydrogen) atoms. The number of nitrogens with zero attached hydrogens (tertiary/aromatic N) is 1. The largest absolute Gasteiger partial charge is 0.322 e. The normalized spacial score (nSPS) is 32.1. The summed E-state index contributed by atoms with van der Waals surface area (Å²) in [7, 11) is 0. The number of imide groups is 1. The Morgan fingerprint density at radius 1 is 0.935 bits per heavy atom. The van der Waals surface area contributed by atoms with Crippen LogP contribution < -0.4 is 10.2 Å². The molecule has 7 rings (SSSR count). The first kappa shape index (κ1) is 18.6. The highest BCUT2D eigenvalue weighted by atomic mass is 16.2. The van der Waals surface area contributed by atoms with Gasteiger partial charge < -0.3 is 5.32 Å². The van der Waals surface area contributed by atoms with Gasteiger partial charge in [0.1, 0.15) is 0 Å². The highest BCUT2D eigenvalue weighted by molar-refractivity contribution is 6.22. The summed E-state index contributed by atoms with van der Waals surface area (Å²) in [6, 6.07) is 14.5. The molecule has 3 amide bonds. The van der Waals surface area contributed by atoms with Crippen molar-refractivity contribution in [3.63, 3.8) is 0 Å². The van der Waals surface area contributed by atoms with Crippen molar-refractivity contribution in [1.82, 2.24) is 0 Å². The minimum absolute atomic E-state index is 0.0752. The Balaban J connectivity index is 1.23. The molecule has 0 spiro atoms. The maximum absolute atomic E-state index is 13.2. The fraction of sp³-hybridized carbons (Fsp3) is 0.346. The lowest BCUT2D eigenvalue weighted by molar-refractivity contribution is -0.124. The molecule has 0 radical (unpaired) electrons. The molecule has 2 bridgehead atoms. The van der Waals surface area contributed by atoms with Crippen LogP contribution in [0.15, 0.2) is 60.7 Å². The van der Waals surface area contributed by atoms with Gasteiger partial charge >= 0.3 is 0 Å². The van der Waals surface area contributed by atoms with Gasteiger partial charge in [0.15, 0.2) is 0 Å². The third kappa shape index (κ3) is 2.65. The number of aryl methyl sites for hydroxylation is 1. The molecular formula is C26H24N2O3. The molecule has 5 aliphatic rings. The highest BCUT2D eigenvalue weighted by Crippen LogP contribution is 2.65. The Labute approximate surface area is 181 Å². The second kappa shape index (κ2) is 6.64. The first-order valence-electron chi connectivity index (χ1n) is 11.1. The van der Waals surface area contributed by atoms with Crippen LogP contribution in [-0.4, -0.2) is 17.7 Å². The van der Waals surface area contributed by atoms with E-state index in [1.807, 2.05) is 31.2 Å². The van der Waals surface area contributed by atoms with Crippen LogP contribution in [0.1, 0.15) is 29.3 Å². The zero-order valence-corrected chi connectivity index (χ0v) is 17.3. The van der Waals surface area contributed by atoms with E-state index in [9.17, 15) is 14.4 Å². The van der Waals surface area contributed by atoms with Crippen molar-refractivity contribution >= 4 is 29.1 Å². The van der Waals surface area contributed by atoms with Crippen LogP contribution in [0.5, 0.6) is 0 Å². The summed E-state index contributed by atoms with van der Waals surface area (Å²) in [6.07, 6.45) is 6.34.